The first kappa shape index (κ1) is 9.05. The second kappa shape index (κ2) is 3.69. The van der Waals surface area contributed by atoms with E-state index in [4.69, 9.17) is 4.74 Å². The van der Waals surface area contributed by atoms with Crippen LogP contribution in [0.5, 0.6) is 5.75 Å². The molecule has 0 amide bonds. The summed E-state index contributed by atoms with van der Waals surface area (Å²) < 4.78 is 6.65. The Morgan fingerprint density at radius 1 is 1.62 bits per heavy atom. The summed E-state index contributed by atoms with van der Waals surface area (Å²) in [5.41, 5.74) is 1.02. The minimum atomic E-state index is 0.425. The average Bonchev–Trinajstić information content (AvgIpc) is 2.92. The maximum Gasteiger partial charge on any atom is 0.161 e. The van der Waals surface area contributed by atoms with Crippen LogP contribution in [0.3, 0.4) is 0 Å². The smallest absolute Gasteiger partial charge is 0.161 e. The van der Waals surface area contributed by atoms with Crippen molar-refractivity contribution in [2.24, 2.45) is 0 Å². The highest BCUT2D eigenvalue weighted by atomic mass is 127. The Morgan fingerprint density at radius 2 is 2.38 bits per heavy atom. The van der Waals surface area contributed by atoms with Crippen LogP contribution in [-0.2, 0) is 0 Å². The van der Waals surface area contributed by atoms with Gasteiger partial charge in [0.15, 0.2) is 5.75 Å². The summed E-state index contributed by atoms with van der Waals surface area (Å²) in [6.45, 7) is 0. The molecule has 0 aliphatic heterocycles. The number of anilines is 1. The van der Waals surface area contributed by atoms with Crippen LogP contribution in [0.15, 0.2) is 12.3 Å². The maximum absolute atomic E-state index is 5.67. The van der Waals surface area contributed by atoms with E-state index in [0.29, 0.717) is 6.10 Å². The van der Waals surface area contributed by atoms with Gasteiger partial charge in [-0.25, -0.2) is 4.98 Å². The van der Waals surface area contributed by atoms with Crippen molar-refractivity contribution in [1.29, 1.82) is 0 Å². The Hall–Kier alpha value is -0.520. The zero-order chi connectivity index (χ0) is 9.26. The van der Waals surface area contributed by atoms with E-state index in [9.17, 15) is 0 Å². The molecule has 0 atom stereocenters. The fourth-order valence-corrected chi connectivity index (χ4v) is 1.52. The van der Waals surface area contributed by atoms with Crippen LogP contribution in [0, 0.1) is 3.70 Å². The molecule has 0 aromatic carbocycles. The summed E-state index contributed by atoms with van der Waals surface area (Å²) >= 11 is 2.19. The van der Waals surface area contributed by atoms with E-state index in [1.54, 1.807) is 6.20 Å². The zero-order valence-electron chi connectivity index (χ0n) is 7.38. The summed E-state index contributed by atoms with van der Waals surface area (Å²) in [6, 6.07) is 1.98. The third kappa shape index (κ3) is 2.24. The Balaban J connectivity index is 2.21. The molecule has 1 saturated carbocycles. The lowest BCUT2D eigenvalue weighted by molar-refractivity contribution is 0.303. The van der Waals surface area contributed by atoms with Crippen LogP contribution in [0.2, 0.25) is 0 Å². The fraction of sp³-hybridized carbons (Fsp3) is 0.444. The van der Waals surface area contributed by atoms with Crippen molar-refractivity contribution >= 4 is 28.3 Å². The molecule has 0 unspecified atom stereocenters. The monoisotopic (exact) mass is 290 g/mol. The number of aromatic nitrogens is 1. The molecule has 1 aliphatic rings. The molecule has 1 aromatic heterocycles. The number of nitrogens with zero attached hydrogens (tertiary/aromatic N) is 1. The standard InChI is InChI=1S/C9H11IN2O/c1-11-7-4-9(10)12-5-8(7)13-6-2-3-6/h4-6H,2-3H2,1H3,(H,11,12). The van der Waals surface area contributed by atoms with Gasteiger partial charge >= 0.3 is 0 Å². The van der Waals surface area contributed by atoms with Crippen molar-refractivity contribution in [3.05, 3.63) is 16.0 Å². The predicted molar refractivity (Wildman–Crippen MR) is 60.2 cm³/mol. The number of hydrogen-bond donors (Lipinski definition) is 1. The number of pyridine rings is 1. The van der Waals surface area contributed by atoms with E-state index in [-0.39, 0.29) is 0 Å². The van der Waals surface area contributed by atoms with Gasteiger partial charge in [0, 0.05) is 7.05 Å². The first-order valence-corrected chi connectivity index (χ1v) is 5.37. The van der Waals surface area contributed by atoms with Crippen molar-refractivity contribution in [2.75, 3.05) is 12.4 Å². The van der Waals surface area contributed by atoms with Gasteiger partial charge in [0.05, 0.1) is 18.0 Å². The molecule has 0 radical (unpaired) electrons. The second-order valence-electron chi connectivity index (χ2n) is 3.07. The first-order valence-electron chi connectivity index (χ1n) is 4.29. The van der Waals surface area contributed by atoms with Crippen molar-refractivity contribution < 1.29 is 4.74 Å². The zero-order valence-corrected chi connectivity index (χ0v) is 9.54. The van der Waals surface area contributed by atoms with Crippen LogP contribution >= 0.6 is 22.6 Å². The molecule has 3 nitrogen and oxygen atoms in total. The second-order valence-corrected chi connectivity index (χ2v) is 4.18. The van der Waals surface area contributed by atoms with Gasteiger partial charge in [-0.15, -0.1) is 0 Å². The lowest BCUT2D eigenvalue weighted by Gasteiger charge is -2.09. The molecule has 0 saturated heterocycles. The molecule has 1 aliphatic carbocycles. The lowest BCUT2D eigenvalue weighted by Crippen LogP contribution is -2.01. The number of halogens is 1. The van der Waals surface area contributed by atoms with Gasteiger partial charge in [0.25, 0.3) is 0 Å². The predicted octanol–water partition coefficient (Wildman–Crippen LogP) is 2.27. The van der Waals surface area contributed by atoms with Crippen molar-refractivity contribution in [2.45, 2.75) is 18.9 Å². The van der Waals surface area contributed by atoms with Crippen LogP contribution in [0.4, 0.5) is 5.69 Å². The number of hydrogen-bond acceptors (Lipinski definition) is 3. The number of nitrogens with one attached hydrogen (secondary N) is 1. The summed E-state index contributed by atoms with van der Waals surface area (Å²) in [5.74, 6) is 0.866. The largest absolute Gasteiger partial charge is 0.487 e. The molecule has 1 N–H and O–H groups in total. The summed E-state index contributed by atoms with van der Waals surface area (Å²) in [6.07, 6.45) is 4.56. The third-order valence-electron chi connectivity index (χ3n) is 1.92. The lowest BCUT2D eigenvalue weighted by atomic mass is 10.4. The Bertz CT molecular complexity index is 312. The van der Waals surface area contributed by atoms with Crippen LogP contribution < -0.4 is 10.1 Å². The summed E-state index contributed by atoms with van der Waals surface area (Å²) in [5, 5.41) is 3.10. The molecule has 0 spiro atoms. The molecule has 1 heterocycles. The highest BCUT2D eigenvalue weighted by molar-refractivity contribution is 14.1. The molecule has 1 aromatic rings. The number of ether oxygens (including phenoxy) is 1. The van der Waals surface area contributed by atoms with E-state index >= 15 is 0 Å². The van der Waals surface area contributed by atoms with Crippen LogP contribution in [-0.4, -0.2) is 18.1 Å². The molecule has 0 bridgehead atoms. The molecule has 1 fully saturated rings. The SMILES string of the molecule is CNc1cc(I)ncc1OC1CC1. The topological polar surface area (TPSA) is 34.2 Å². The minimum absolute atomic E-state index is 0.425. The van der Waals surface area contributed by atoms with Gasteiger partial charge in [-0.3, -0.25) is 0 Å². The number of rotatable bonds is 3. The van der Waals surface area contributed by atoms with Crippen molar-refractivity contribution in [3.8, 4) is 5.75 Å². The van der Waals surface area contributed by atoms with E-state index in [1.807, 2.05) is 13.1 Å². The van der Waals surface area contributed by atoms with E-state index in [1.165, 1.54) is 12.8 Å². The van der Waals surface area contributed by atoms with Gasteiger partial charge < -0.3 is 10.1 Å². The Labute approximate surface area is 91.0 Å². The molecular weight excluding hydrogens is 279 g/mol. The van der Waals surface area contributed by atoms with Gasteiger partial charge in [0.1, 0.15) is 3.70 Å². The summed E-state index contributed by atoms with van der Waals surface area (Å²) in [4.78, 5) is 4.19. The van der Waals surface area contributed by atoms with Crippen molar-refractivity contribution in [1.82, 2.24) is 4.98 Å². The maximum atomic E-state index is 5.67. The Morgan fingerprint density at radius 3 is 3.00 bits per heavy atom. The Kier molecular flexibility index (Phi) is 2.57. The van der Waals surface area contributed by atoms with Gasteiger partial charge in [-0.2, -0.15) is 0 Å². The third-order valence-corrected chi connectivity index (χ3v) is 2.51. The van der Waals surface area contributed by atoms with Gasteiger partial charge in [-0.1, -0.05) is 0 Å². The molecule has 13 heavy (non-hydrogen) atoms. The van der Waals surface area contributed by atoms with Crippen LogP contribution in [0.1, 0.15) is 12.8 Å². The normalized spacial score (nSPS) is 15.5. The molecule has 70 valence electrons. The van der Waals surface area contributed by atoms with E-state index in [2.05, 4.69) is 32.9 Å². The minimum Gasteiger partial charge on any atom is -0.487 e. The molecular formula is C9H11IN2O. The summed E-state index contributed by atoms with van der Waals surface area (Å²) in [7, 11) is 1.89. The van der Waals surface area contributed by atoms with Gasteiger partial charge in [0.2, 0.25) is 0 Å². The van der Waals surface area contributed by atoms with E-state index < -0.39 is 0 Å². The van der Waals surface area contributed by atoms with Crippen molar-refractivity contribution in [3.63, 3.8) is 0 Å². The van der Waals surface area contributed by atoms with Gasteiger partial charge in [-0.05, 0) is 41.5 Å². The fourth-order valence-electron chi connectivity index (χ4n) is 1.07. The van der Waals surface area contributed by atoms with E-state index in [0.717, 1.165) is 15.1 Å². The quantitative estimate of drug-likeness (QED) is 0.685. The first-order chi connectivity index (χ1) is 6.29. The average molecular weight is 290 g/mol. The molecule has 2 rings (SSSR count). The highest BCUT2D eigenvalue weighted by Gasteiger charge is 2.24. The highest BCUT2D eigenvalue weighted by Crippen LogP contribution is 2.31. The molecule has 4 heteroatoms. The van der Waals surface area contributed by atoms with Crippen LogP contribution in [0.25, 0.3) is 0 Å².